The normalized spacial score (nSPS) is 11.5. The fourth-order valence-electron chi connectivity index (χ4n) is 1.17. The Morgan fingerprint density at radius 1 is 1.33 bits per heavy atom. The molecule has 0 saturated heterocycles. The van der Waals surface area contributed by atoms with Crippen LogP contribution in [-0.4, -0.2) is 5.91 Å². The number of primary amides is 1. The average molecular weight is 218 g/mol. The number of carbonyl (C=O) groups is 1. The number of hydrogen-bond donors (Lipinski definition) is 2. The van der Waals surface area contributed by atoms with Gasteiger partial charge in [0.25, 0.3) is 0 Å². The van der Waals surface area contributed by atoms with Gasteiger partial charge in [-0.1, -0.05) is 6.07 Å². The summed E-state index contributed by atoms with van der Waals surface area (Å²) in [6.07, 6.45) is -4.60. The van der Waals surface area contributed by atoms with Crippen LogP contribution in [0.2, 0.25) is 0 Å². The molecule has 1 amide bonds. The van der Waals surface area contributed by atoms with Crippen molar-refractivity contribution in [2.45, 2.75) is 12.7 Å². The molecular formula is C9H9F3N2O. The molecular weight excluding hydrogens is 209 g/mol. The molecule has 0 spiro atoms. The molecule has 0 aliphatic heterocycles. The Labute approximate surface area is 83.9 Å². The first-order valence-electron chi connectivity index (χ1n) is 4.06. The molecule has 82 valence electrons. The molecule has 0 fully saturated rings. The second-order valence-corrected chi connectivity index (χ2v) is 2.95. The van der Waals surface area contributed by atoms with Crippen LogP contribution in [0.25, 0.3) is 0 Å². The summed E-state index contributed by atoms with van der Waals surface area (Å²) in [7, 11) is 0. The maximum Gasteiger partial charge on any atom is 0.417 e. The Hall–Kier alpha value is -1.56. The van der Waals surface area contributed by atoms with Crippen molar-refractivity contribution in [3.8, 4) is 0 Å². The van der Waals surface area contributed by atoms with Crippen molar-refractivity contribution in [2.75, 3.05) is 0 Å². The van der Waals surface area contributed by atoms with E-state index in [1.54, 1.807) is 0 Å². The monoisotopic (exact) mass is 218 g/mol. The Bertz CT molecular complexity index is 387. The van der Waals surface area contributed by atoms with Crippen molar-refractivity contribution in [1.29, 1.82) is 0 Å². The van der Waals surface area contributed by atoms with Crippen LogP contribution in [0, 0.1) is 0 Å². The average Bonchev–Trinajstić information content (AvgIpc) is 2.15. The van der Waals surface area contributed by atoms with Gasteiger partial charge in [-0.15, -0.1) is 0 Å². The van der Waals surface area contributed by atoms with Crippen LogP contribution in [0.15, 0.2) is 18.2 Å². The molecule has 0 unspecified atom stereocenters. The summed E-state index contributed by atoms with van der Waals surface area (Å²) in [4.78, 5) is 10.8. The van der Waals surface area contributed by atoms with E-state index in [9.17, 15) is 18.0 Å². The van der Waals surface area contributed by atoms with Crippen LogP contribution in [0.4, 0.5) is 13.2 Å². The second-order valence-electron chi connectivity index (χ2n) is 2.95. The summed E-state index contributed by atoms with van der Waals surface area (Å²) in [6, 6.07) is 3.21. The molecule has 0 aliphatic carbocycles. The van der Waals surface area contributed by atoms with Crippen molar-refractivity contribution in [2.24, 2.45) is 11.5 Å². The molecule has 6 heteroatoms. The van der Waals surface area contributed by atoms with Gasteiger partial charge >= 0.3 is 6.18 Å². The van der Waals surface area contributed by atoms with E-state index < -0.39 is 23.2 Å². The zero-order chi connectivity index (χ0) is 11.6. The predicted molar refractivity (Wildman–Crippen MR) is 47.9 cm³/mol. The van der Waals surface area contributed by atoms with Crippen molar-refractivity contribution in [1.82, 2.24) is 0 Å². The molecule has 0 aromatic heterocycles. The molecule has 3 nitrogen and oxygen atoms in total. The summed E-state index contributed by atoms with van der Waals surface area (Å²) < 4.78 is 37.4. The number of nitrogens with two attached hydrogens (primary N) is 2. The van der Waals surface area contributed by atoms with Crippen LogP contribution >= 0.6 is 0 Å². The lowest BCUT2D eigenvalue weighted by atomic mass is 10.0. The highest BCUT2D eigenvalue weighted by atomic mass is 19.4. The predicted octanol–water partition coefficient (Wildman–Crippen LogP) is 1.26. The molecule has 0 radical (unpaired) electrons. The van der Waals surface area contributed by atoms with Crippen LogP contribution in [0.5, 0.6) is 0 Å². The zero-order valence-corrected chi connectivity index (χ0v) is 7.64. The maximum atomic E-state index is 12.5. The fraction of sp³-hybridized carbons (Fsp3) is 0.222. The number of halogens is 3. The van der Waals surface area contributed by atoms with Crippen molar-refractivity contribution < 1.29 is 18.0 Å². The second kappa shape index (κ2) is 3.90. The van der Waals surface area contributed by atoms with E-state index >= 15 is 0 Å². The van der Waals surface area contributed by atoms with Gasteiger partial charge in [0, 0.05) is 6.54 Å². The first kappa shape index (κ1) is 11.5. The highest BCUT2D eigenvalue weighted by Gasteiger charge is 2.34. The van der Waals surface area contributed by atoms with Gasteiger partial charge in [0.1, 0.15) is 0 Å². The summed E-state index contributed by atoms with van der Waals surface area (Å²) in [5.41, 5.74) is 8.75. The fourth-order valence-corrected chi connectivity index (χ4v) is 1.17. The van der Waals surface area contributed by atoms with Gasteiger partial charge < -0.3 is 11.5 Å². The topological polar surface area (TPSA) is 69.1 Å². The van der Waals surface area contributed by atoms with Gasteiger partial charge in [-0.3, -0.25) is 4.79 Å². The molecule has 0 aliphatic rings. The first-order valence-corrected chi connectivity index (χ1v) is 4.06. The lowest BCUT2D eigenvalue weighted by Gasteiger charge is -2.11. The number of hydrogen-bond acceptors (Lipinski definition) is 2. The summed E-state index contributed by atoms with van der Waals surface area (Å²) >= 11 is 0. The third-order valence-corrected chi connectivity index (χ3v) is 1.89. The van der Waals surface area contributed by atoms with E-state index in [0.717, 1.165) is 12.1 Å². The van der Waals surface area contributed by atoms with Crippen LogP contribution in [-0.2, 0) is 12.7 Å². The minimum absolute atomic E-state index is 0.0257. The first-order chi connectivity index (χ1) is 6.86. The van der Waals surface area contributed by atoms with Gasteiger partial charge in [0.2, 0.25) is 5.91 Å². The molecule has 0 saturated carbocycles. The van der Waals surface area contributed by atoms with Crippen molar-refractivity contribution >= 4 is 5.91 Å². The number of rotatable bonds is 2. The van der Waals surface area contributed by atoms with E-state index in [2.05, 4.69) is 0 Å². The van der Waals surface area contributed by atoms with Gasteiger partial charge in [0.15, 0.2) is 0 Å². The quantitative estimate of drug-likeness (QED) is 0.784. The summed E-state index contributed by atoms with van der Waals surface area (Å²) in [6.45, 7) is -0.0257. The smallest absolute Gasteiger partial charge is 0.366 e. The zero-order valence-electron chi connectivity index (χ0n) is 7.64. The van der Waals surface area contributed by atoms with Crippen LogP contribution in [0.1, 0.15) is 21.5 Å². The van der Waals surface area contributed by atoms with Gasteiger partial charge in [-0.25, -0.2) is 0 Å². The van der Waals surface area contributed by atoms with Gasteiger partial charge in [0.05, 0.1) is 11.1 Å². The maximum absolute atomic E-state index is 12.5. The van der Waals surface area contributed by atoms with Crippen molar-refractivity contribution in [3.63, 3.8) is 0 Å². The Morgan fingerprint density at radius 3 is 2.33 bits per heavy atom. The van der Waals surface area contributed by atoms with E-state index in [-0.39, 0.29) is 6.54 Å². The largest absolute Gasteiger partial charge is 0.417 e. The molecule has 1 aromatic rings. The number of carbonyl (C=O) groups excluding carboxylic acids is 1. The Kier molecular flexibility index (Phi) is 2.99. The standard InChI is InChI=1S/C9H9F3N2O/c10-9(11,12)7-3-5(4-13)1-2-6(7)8(14)15/h1-3H,4,13H2,(H2,14,15). The Balaban J connectivity index is 3.36. The van der Waals surface area contributed by atoms with Crippen LogP contribution in [0.3, 0.4) is 0 Å². The molecule has 1 aromatic carbocycles. The third kappa shape index (κ3) is 2.47. The molecule has 1 rings (SSSR count). The minimum Gasteiger partial charge on any atom is -0.366 e. The van der Waals surface area contributed by atoms with Crippen molar-refractivity contribution in [3.05, 3.63) is 34.9 Å². The van der Waals surface area contributed by atoms with Gasteiger partial charge in [-0.2, -0.15) is 13.2 Å². The summed E-state index contributed by atoms with van der Waals surface area (Å²) in [5, 5.41) is 0. The van der Waals surface area contributed by atoms with E-state index in [0.29, 0.717) is 5.56 Å². The lowest BCUT2D eigenvalue weighted by Crippen LogP contribution is -2.19. The highest BCUT2D eigenvalue weighted by molar-refractivity contribution is 5.94. The SMILES string of the molecule is NCc1ccc(C(N)=O)c(C(F)(F)F)c1. The highest BCUT2D eigenvalue weighted by Crippen LogP contribution is 2.32. The van der Waals surface area contributed by atoms with Gasteiger partial charge in [-0.05, 0) is 17.7 Å². The van der Waals surface area contributed by atoms with E-state index in [1.807, 2.05) is 0 Å². The molecule has 4 N–H and O–H groups in total. The molecule has 0 atom stereocenters. The minimum atomic E-state index is -4.60. The van der Waals surface area contributed by atoms with E-state index in [1.165, 1.54) is 6.07 Å². The number of alkyl halides is 3. The van der Waals surface area contributed by atoms with E-state index in [4.69, 9.17) is 11.5 Å². The molecule has 0 heterocycles. The molecule has 0 bridgehead atoms. The lowest BCUT2D eigenvalue weighted by molar-refractivity contribution is -0.138. The summed E-state index contributed by atoms with van der Waals surface area (Å²) in [5.74, 6) is -1.11. The Morgan fingerprint density at radius 2 is 1.93 bits per heavy atom. The molecule has 15 heavy (non-hydrogen) atoms. The third-order valence-electron chi connectivity index (χ3n) is 1.89. The van der Waals surface area contributed by atoms with Crippen LogP contribution < -0.4 is 11.5 Å². The number of benzene rings is 1. The number of amides is 1.